The van der Waals surface area contributed by atoms with Crippen molar-refractivity contribution in [3.05, 3.63) is 0 Å². The second kappa shape index (κ2) is 6.66. The van der Waals surface area contributed by atoms with E-state index in [-0.39, 0.29) is 6.04 Å². The molecule has 19 heavy (non-hydrogen) atoms. The number of hydrogen-bond donors (Lipinski definition) is 0. The molecule has 1 fully saturated rings. The predicted octanol–water partition coefficient (Wildman–Crippen LogP) is 3.38. The Bertz CT molecular complexity index is 393. The van der Waals surface area contributed by atoms with Crippen LogP contribution >= 0.6 is 35.1 Å². The van der Waals surface area contributed by atoms with Crippen LogP contribution in [0.3, 0.4) is 0 Å². The molecule has 0 aromatic rings. The van der Waals surface area contributed by atoms with Gasteiger partial charge in [0.1, 0.15) is 0 Å². The average molecular weight is 353 g/mol. The molecule has 1 saturated carbocycles. The maximum Gasteiger partial charge on any atom is 0.319 e. The molecule has 9 heteroatoms. The Morgan fingerprint density at radius 2 is 1.68 bits per heavy atom. The van der Waals surface area contributed by atoms with E-state index in [0.29, 0.717) is 30.7 Å². The molecule has 0 unspecified atom stereocenters. The lowest BCUT2D eigenvalue weighted by Gasteiger charge is -2.36. The summed E-state index contributed by atoms with van der Waals surface area (Å²) in [5, 5.41) is 0. The highest BCUT2D eigenvalue weighted by Crippen LogP contribution is 2.43. The summed E-state index contributed by atoms with van der Waals surface area (Å²) in [6, 6.07) is -0.277. The Kier molecular flexibility index (Phi) is 6.23. The SMILES string of the molecule is CC1CCC(N(SC(F)(Cl)Cl)S(=O)(=O)N(C)C)CC1. The molecule has 0 N–H and O–H groups in total. The van der Waals surface area contributed by atoms with Gasteiger partial charge in [0, 0.05) is 32.1 Å². The lowest BCUT2D eigenvalue weighted by molar-refractivity contribution is 0.280. The maximum absolute atomic E-state index is 13.4. The predicted molar refractivity (Wildman–Crippen MR) is 79.0 cm³/mol. The van der Waals surface area contributed by atoms with Crippen LogP contribution in [0.1, 0.15) is 32.6 Å². The van der Waals surface area contributed by atoms with Crippen LogP contribution in [0.5, 0.6) is 0 Å². The molecule has 114 valence electrons. The molecule has 1 rings (SSSR count). The zero-order valence-corrected chi connectivity index (χ0v) is 14.3. The van der Waals surface area contributed by atoms with E-state index in [1.807, 2.05) is 0 Å². The van der Waals surface area contributed by atoms with E-state index < -0.39 is 14.1 Å². The topological polar surface area (TPSA) is 40.6 Å². The van der Waals surface area contributed by atoms with Gasteiger partial charge >= 0.3 is 3.92 Å². The van der Waals surface area contributed by atoms with Gasteiger partial charge in [0.25, 0.3) is 10.2 Å². The van der Waals surface area contributed by atoms with Crippen LogP contribution in [0, 0.1) is 5.92 Å². The average Bonchev–Trinajstić information content (AvgIpc) is 2.25. The smallest absolute Gasteiger partial charge is 0.194 e. The van der Waals surface area contributed by atoms with E-state index in [1.54, 1.807) is 0 Å². The van der Waals surface area contributed by atoms with Crippen molar-refractivity contribution in [2.24, 2.45) is 5.92 Å². The van der Waals surface area contributed by atoms with Gasteiger partial charge in [-0.3, -0.25) is 0 Å². The number of alkyl halides is 3. The molecule has 0 bridgehead atoms. The number of nitrogens with zero attached hydrogens (tertiary/aromatic N) is 2. The molecule has 4 nitrogen and oxygen atoms in total. The maximum atomic E-state index is 13.4. The summed E-state index contributed by atoms with van der Waals surface area (Å²) in [6.45, 7) is 2.12. The van der Waals surface area contributed by atoms with Gasteiger partial charge in [-0.1, -0.05) is 30.1 Å². The van der Waals surface area contributed by atoms with Gasteiger partial charge in [-0.05, 0) is 31.6 Å². The molecule has 0 radical (unpaired) electrons. The molecule has 0 aromatic carbocycles. The highest BCUT2D eigenvalue weighted by atomic mass is 35.5. The lowest BCUT2D eigenvalue weighted by atomic mass is 9.88. The van der Waals surface area contributed by atoms with Crippen molar-refractivity contribution in [3.8, 4) is 0 Å². The van der Waals surface area contributed by atoms with Gasteiger partial charge in [-0.25, -0.2) is 0 Å². The van der Waals surface area contributed by atoms with Crippen LogP contribution in [0.25, 0.3) is 0 Å². The number of rotatable bonds is 5. The quantitative estimate of drug-likeness (QED) is 0.562. The normalized spacial score (nSPS) is 26.1. The molecular weight excluding hydrogens is 334 g/mol. The minimum absolute atomic E-state index is 0.277. The van der Waals surface area contributed by atoms with E-state index >= 15 is 0 Å². The van der Waals surface area contributed by atoms with Crippen LogP contribution in [0.15, 0.2) is 0 Å². The van der Waals surface area contributed by atoms with Gasteiger partial charge in [-0.2, -0.15) is 17.1 Å². The lowest BCUT2D eigenvalue weighted by Crippen LogP contribution is -2.44. The molecule has 1 aliphatic rings. The summed E-state index contributed by atoms with van der Waals surface area (Å²) in [6.07, 6.45) is 3.19. The highest BCUT2D eigenvalue weighted by Gasteiger charge is 2.40. The molecule has 0 aliphatic heterocycles. The largest absolute Gasteiger partial charge is 0.319 e. The van der Waals surface area contributed by atoms with Gasteiger partial charge < -0.3 is 0 Å². The van der Waals surface area contributed by atoms with Crippen LogP contribution in [0.2, 0.25) is 0 Å². The minimum atomic E-state index is -3.77. The van der Waals surface area contributed by atoms with Gasteiger partial charge in [0.05, 0.1) is 0 Å². The van der Waals surface area contributed by atoms with Crippen molar-refractivity contribution in [1.29, 1.82) is 0 Å². The molecule has 0 atom stereocenters. The Morgan fingerprint density at radius 1 is 1.21 bits per heavy atom. The van der Waals surface area contributed by atoms with E-state index in [0.717, 1.165) is 20.9 Å². The van der Waals surface area contributed by atoms with Crippen LogP contribution in [0.4, 0.5) is 4.39 Å². The first-order valence-electron chi connectivity index (χ1n) is 6.02. The van der Waals surface area contributed by atoms with Crippen molar-refractivity contribution in [3.63, 3.8) is 0 Å². The van der Waals surface area contributed by atoms with Crippen LogP contribution in [-0.4, -0.2) is 40.5 Å². The molecule has 0 heterocycles. The first-order chi connectivity index (χ1) is 8.54. The molecule has 0 amide bonds. The second-order valence-corrected chi connectivity index (χ2v) is 10.1. The van der Waals surface area contributed by atoms with E-state index in [1.165, 1.54) is 14.1 Å². The van der Waals surface area contributed by atoms with E-state index in [2.05, 4.69) is 6.92 Å². The van der Waals surface area contributed by atoms with Gasteiger partial charge in [0.2, 0.25) is 0 Å². The molecular formula is C10H19Cl2FN2O2S2. The van der Waals surface area contributed by atoms with Crippen molar-refractivity contribution in [2.75, 3.05) is 14.1 Å². The van der Waals surface area contributed by atoms with Crippen molar-refractivity contribution >= 4 is 45.4 Å². The Hall–Kier alpha value is 0.730. The Balaban J connectivity index is 2.93. The summed E-state index contributed by atoms with van der Waals surface area (Å²) < 4.78 is 37.3. The molecule has 0 aromatic heterocycles. The summed E-state index contributed by atoms with van der Waals surface area (Å²) in [5.74, 6) is 0.562. The summed E-state index contributed by atoms with van der Waals surface area (Å²) >= 11 is 11.0. The van der Waals surface area contributed by atoms with Crippen LogP contribution < -0.4 is 0 Å². The molecule has 1 aliphatic carbocycles. The van der Waals surface area contributed by atoms with Crippen molar-refractivity contribution in [1.82, 2.24) is 8.02 Å². The second-order valence-electron chi connectivity index (χ2n) is 5.00. The summed E-state index contributed by atoms with van der Waals surface area (Å²) in [7, 11) is -0.969. The zero-order chi connectivity index (χ0) is 14.8. The Labute approximate surface area is 128 Å². The van der Waals surface area contributed by atoms with Gasteiger partial charge in [0.15, 0.2) is 0 Å². The fourth-order valence-electron chi connectivity index (χ4n) is 2.03. The summed E-state index contributed by atoms with van der Waals surface area (Å²) in [5.41, 5.74) is 0. The third-order valence-electron chi connectivity index (χ3n) is 3.17. The van der Waals surface area contributed by atoms with Crippen molar-refractivity contribution in [2.45, 2.75) is 42.6 Å². The third-order valence-corrected chi connectivity index (χ3v) is 6.73. The molecule has 0 saturated heterocycles. The van der Waals surface area contributed by atoms with Gasteiger partial charge in [-0.15, -0.1) is 3.71 Å². The number of hydrogen-bond acceptors (Lipinski definition) is 3. The Morgan fingerprint density at radius 3 is 2.05 bits per heavy atom. The first-order valence-corrected chi connectivity index (χ1v) is 8.94. The molecule has 0 spiro atoms. The third kappa shape index (κ3) is 5.21. The van der Waals surface area contributed by atoms with E-state index in [4.69, 9.17) is 23.2 Å². The summed E-state index contributed by atoms with van der Waals surface area (Å²) in [4.78, 5) is 0. The fourth-order valence-corrected chi connectivity index (χ4v) is 5.28. The van der Waals surface area contributed by atoms with Crippen LogP contribution in [-0.2, 0) is 10.2 Å². The number of halogens is 3. The zero-order valence-electron chi connectivity index (χ0n) is 11.1. The first kappa shape index (κ1) is 17.8. The highest BCUT2D eigenvalue weighted by molar-refractivity contribution is 8.10. The standard InChI is InChI=1S/C10H19Cl2FN2O2S2/c1-8-4-6-9(7-5-8)15(18-10(11,12)13)19(16,17)14(2)3/h8-9H,4-7H2,1-3H3. The van der Waals surface area contributed by atoms with Crippen molar-refractivity contribution < 1.29 is 12.8 Å². The minimum Gasteiger partial charge on any atom is -0.194 e. The monoisotopic (exact) mass is 352 g/mol. The fraction of sp³-hybridized carbons (Fsp3) is 1.00. The van der Waals surface area contributed by atoms with E-state index in [9.17, 15) is 12.8 Å².